The van der Waals surface area contributed by atoms with Crippen molar-refractivity contribution >= 4 is 5.91 Å². The summed E-state index contributed by atoms with van der Waals surface area (Å²) in [6.07, 6.45) is 4.95. The maximum atomic E-state index is 12.3. The number of hydrogen-bond donors (Lipinski definition) is 1. The summed E-state index contributed by atoms with van der Waals surface area (Å²) in [5.41, 5.74) is 0. The van der Waals surface area contributed by atoms with Gasteiger partial charge in [-0.1, -0.05) is 6.92 Å². The summed E-state index contributed by atoms with van der Waals surface area (Å²) in [5, 5.41) is 3.39. The first kappa shape index (κ1) is 13.1. The summed E-state index contributed by atoms with van der Waals surface area (Å²) in [5.74, 6) is 1.05. The van der Waals surface area contributed by atoms with Crippen molar-refractivity contribution in [2.75, 3.05) is 26.2 Å². The molecule has 1 aliphatic rings. The first-order valence-electron chi connectivity index (χ1n) is 6.84. The average Bonchev–Trinajstić information content (AvgIpc) is 2.92. The fraction of sp³-hybridized carbons (Fsp3) is 0.643. The van der Waals surface area contributed by atoms with Crippen molar-refractivity contribution in [2.45, 2.75) is 26.2 Å². The van der Waals surface area contributed by atoms with Crippen molar-refractivity contribution < 1.29 is 9.21 Å². The monoisotopic (exact) mass is 250 g/mol. The smallest absolute Gasteiger partial charge is 0.289 e. The van der Waals surface area contributed by atoms with Crippen LogP contribution in [0.25, 0.3) is 0 Å². The molecule has 1 saturated heterocycles. The van der Waals surface area contributed by atoms with Gasteiger partial charge < -0.3 is 14.6 Å². The predicted octanol–water partition coefficient (Wildman–Crippen LogP) is 2.13. The van der Waals surface area contributed by atoms with Crippen molar-refractivity contribution in [2.24, 2.45) is 5.92 Å². The Morgan fingerprint density at radius 3 is 3.11 bits per heavy atom. The summed E-state index contributed by atoms with van der Waals surface area (Å²) in [7, 11) is 0. The number of carbonyl (C=O) groups is 1. The molecule has 4 nitrogen and oxygen atoms in total. The van der Waals surface area contributed by atoms with Crippen LogP contribution in [-0.4, -0.2) is 37.0 Å². The van der Waals surface area contributed by atoms with Crippen molar-refractivity contribution in [1.82, 2.24) is 10.2 Å². The Kier molecular flexibility index (Phi) is 4.81. The Hall–Kier alpha value is -1.29. The van der Waals surface area contributed by atoms with E-state index >= 15 is 0 Å². The van der Waals surface area contributed by atoms with Crippen LogP contribution in [0.1, 0.15) is 36.7 Å². The molecule has 1 N–H and O–H groups in total. The zero-order chi connectivity index (χ0) is 12.8. The fourth-order valence-electron chi connectivity index (χ4n) is 2.49. The van der Waals surface area contributed by atoms with Gasteiger partial charge in [-0.25, -0.2) is 0 Å². The lowest BCUT2D eigenvalue weighted by atomic mass is 9.99. The highest BCUT2D eigenvalue weighted by molar-refractivity contribution is 5.91. The average molecular weight is 250 g/mol. The van der Waals surface area contributed by atoms with Gasteiger partial charge >= 0.3 is 0 Å². The molecule has 0 bridgehead atoms. The minimum absolute atomic E-state index is 0.0208. The van der Waals surface area contributed by atoms with Gasteiger partial charge in [-0.15, -0.1) is 0 Å². The molecular weight excluding hydrogens is 228 g/mol. The van der Waals surface area contributed by atoms with E-state index in [0.717, 1.165) is 32.6 Å². The molecule has 0 radical (unpaired) electrons. The van der Waals surface area contributed by atoms with Crippen molar-refractivity contribution in [3.05, 3.63) is 24.2 Å². The number of carbonyl (C=O) groups excluding carboxylic acids is 1. The lowest BCUT2D eigenvalue weighted by Gasteiger charge is -2.29. The van der Waals surface area contributed by atoms with Crippen LogP contribution >= 0.6 is 0 Å². The molecular formula is C14H22N2O2. The molecule has 1 atom stereocenters. The molecule has 1 aliphatic heterocycles. The van der Waals surface area contributed by atoms with E-state index in [-0.39, 0.29) is 5.91 Å². The number of piperidine rings is 1. The first-order chi connectivity index (χ1) is 8.81. The summed E-state index contributed by atoms with van der Waals surface area (Å²) in [4.78, 5) is 14.2. The quantitative estimate of drug-likeness (QED) is 0.870. The molecule has 2 heterocycles. The Labute approximate surface area is 108 Å². The van der Waals surface area contributed by atoms with Gasteiger partial charge in [0.05, 0.1) is 6.26 Å². The van der Waals surface area contributed by atoms with Gasteiger partial charge in [0, 0.05) is 13.1 Å². The number of rotatable bonds is 5. The Balaban J connectivity index is 1.96. The van der Waals surface area contributed by atoms with Gasteiger partial charge in [0.15, 0.2) is 5.76 Å². The molecule has 0 saturated carbocycles. The highest BCUT2D eigenvalue weighted by atomic mass is 16.3. The van der Waals surface area contributed by atoms with E-state index in [9.17, 15) is 4.79 Å². The second-order valence-corrected chi connectivity index (χ2v) is 4.94. The first-order valence-corrected chi connectivity index (χ1v) is 6.84. The van der Waals surface area contributed by atoms with E-state index in [1.807, 2.05) is 4.90 Å². The van der Waals surface area contributed by atoms with Crippen LogP contribution in [0.3, 0.4) is 0 Å². The SMILES string of the molecule is CCCN(CC1CCCNC1)C(=O)c1ccco1. The molecule has 18 heavy (non-hydrogen) atoms. The maximum Gasteiger partial charge on any atom is 0.289 e. The molecule has 2 rings (SSSR count). The minimum Gasteiger partial charge on any atom is -0.459 e. The third-order valence-electron chi connectivity index (χ3n) is 3.39. The number of nitrogens with zero attached hydrogens (tertiary/aromatic N) is 1. The molecule has 1 aromatic heterocycles. The van der Waals surface area contributed by atoms with Gasteiger partial charge in [0.1, 0.15) is 0 Å². The van der Waals surface area contributed by atoms with Crippen LogP contribution in [0.2, 0.25) is 0 Å². The van der Waals surface area contributed by atoms with Crippen LogP contribution in [0.15, 0.2) is 22.8 Å². The highest BCUT2D eigenvalue weighted by Gasteiger charge is 2.22. The largest absolute Gasteiger partial charge is 0.459 e. The van der Waals surface area contributed by atoms with Crippen molar-refractivity contribution in [3.8, 4) is 0 Å². The predicted molar refractivity (Wildman–Crippen MR) is 70.5 cm³/mol. The standard InChI is InChI=1S/C14H22N2O2/c1-2-8-16(11-12-5-3-7-15-10-12)14(17)13-6-4-9-18-13/h4,6,9,12,15H,2-3,5,7-8,10-11H2,1H3. The van der Waals surface area contributed by atoms with Crippen LogP contribution in [0, 0.1) is 5.92 Å². The van der Waals surface area contributed by atoms with Crippen LogP contribution in [0.4, 0.5) is 0 Å². The number of amides is 1. The summed E-state index contributed by atoms with van der Waals surface area (Å²) < 4.78 is 5.20. The number of furan rings is 1. The van der Waals surface area contributed by atoms with Crippen LogP contribution in [0.5, 0.6) is 0 Å². The number of hydrogen-bond acceptors (Lipinski definition) is 3. The topological polar surface area (TPSA) is 45.5 Å². The molecule has 0 aliphatic carbocycles. The molecule has 1 aromatic rings. The van der Waals surface area contributed by atoms with E-state index in [1.54, 1.807) is 18.4 Å². The molecule has 1 amide bonds. The second-order valence-electron chi connectivity index (χ2n) is 4.94. The lowest BCUT2D eigenvalue weighted by molar-refractivity contribution is 0.0687. The normalized spacial score (nSPS) is 19.7. The van der Waals surface area contributed by atoms with Crippen LogP contribution < -0.4 is 5.32 Å². The Bertz CT molecular complexity index is 356. The third-order valence-corrected chi connectivity index (χ3v) is 3.39. The minimum atomic E-state index is 0.0208. The van der Waals surface area contributed by atoms with E-state index < -0.39 is 0 Å². The number of nitrogens with one attached hydrogen (secondary N) is 1. The second kappa shape index (κ2) is 6.59. The van der Waals surface area contributed by atoms with Crippen molar-refractivity contribution in [3.63, 3.8) is 0 Å². The molecule has 0 spiro atoms. The molecule has 100 valence electrons. The van der Waals surface area contributed by atoms with Gasteiger partial charge in [0.2, 0.25) is 0 Å². The van der Waals surface area contributed by atoms with E-state index in [1.165, 1.54) is 12.8 Å². The van der Waals surface area contributed by atoms with Gasteiger partial charge in [-0.3, -0.25) is 4.79 Å². The Morgan fingerprint density at radius 2 is 2.50 bits per heavy atom. The fourth-order valence-corrected chi connectivity index (χ4v) is 2.49. The summed E-state index contributed by atoms with van der Waals surface area (Å²) in [6, 6.07) is 3.50. The molecule has 0 aromatic carbocycles. The van der Waals surface area contributed by atoms with Crippen LogP contribution in [-0.2, 0) is 0 Å². The summed E-state index contributed by atoms with van der Waals surface area (Å²) >= 11 is 0. The van der Waals surface area contributed by atoms with Gasteiger partial charge in [-0.2, -0.15) is 0 Å². The lowest BCUT2D eigenvalue weighted by Crippen LogP contribution is -2.41. The highest BCUT2D eigenvalue weighted by Crippen LogP contribution is 2.14. The van der Waals surface area contributed by atoms with E-state index in [0.29, 0.717) is 11.7 Å². The van der Waals surface area contributed by atoms with Crippen molar-refractivity contribution in [1.29, 1.82) is 0 Å². The maximum absolute atomic E-state index is 12.3. The molecule has 1 unspecified atom stereocenters. The van der Waals surface area contributed by atoms with E-state index in [2.05, 4.69) is 12.2 Å². The molecule has 4 heteroatoms. The van der Waals surface area contributed by atoms with E-state index in [4.69, 9.17) is 4.42 Å². The van der Waals surface area contributed by atoms with Gasteiger partial charge in [0.25, 0.3) is 5.91 Å². The zero-order valence-corrected chi connectivity index (χ0v) is 11.0. The third kappa shape index (κ3) is 3.35. The van der Waals surface area contributed by atoms with Gasteiger partial charge in [-0.05, 0) is 50.4 Å². The summed E-state index contributed by atoms with van der Waals surface area (Å²) in [6.45, 7) is 5.86. The zero-order valence-electron chi connectivity index (χ0n) is 11.0. The molecule has 1 fully saturated rings. The Morgan fingerprint density at radius 1 is 1.61 bits per heavy atom.